The van der Waals surface area contributed by atoms with Gasteiger partial charge in [0.15, 0.2) is 0 Å². The maximum absolute atomic E-state index is 13.0. The van der Waals surface area contributed by atoms with E-state index < -0.39 is 0 Å². The Morgan fingerprint density at radius 1 is 0.525 bits per heavy atom. The van der Waals surface area contributed by atoms with Gasteiger partial charge in [-0.15, -0.1) is 0 Å². The first-order valence-electron chi connectivity index (χ1n) is 11.7. The van der Waals surface area contributed by atoms with Crippen molar-refractivity contribution >= 4 is 53.4 Å². The van der Waals surface area contributed by atoms with Gasteiger partial charge in [0.2, 0.25) is 0 Å². The molecular weight excluding hydrogens is 650 g/mol. The van der Waals surface area contributed by atoms with E-state index in [0.29, 0.717) is 41.9 Å². The lowest BCUT2D eigenvalue weighted by atomic mass is 10.1. The van der Waals surface area contributed by atoms with Gasteiger partial charge in [-0.2, -0.15) is 0 Å². The molecule has 0 aliphatic heterocycles. The van der Waals surface area contributed by atoms with Crippen molar-refractivity contribution in [3.63, 3.8) is 0 Å². The molecule has 4 aromatic carbocycles. The van der Waals surface area contributed by atoms with Gasteiger partial charge in [-0.05, 0) is 117 Å². The fraction of sp³-hybridized carbons (Fsp3) is 0. The van der Waals surface area contributed by atoms with E-state index in [2.05, 4.69) is 31.9 Å². The minimum Gasteiger partial charge on any atom is -0.508 e. The Labute approximate surface area is 242 Å². The lowest BCUT2D eigenvalue weighted by molar-refractivity contribution is 0.475. The zero-order chi connectivity index (χ0) is 28.6. The molecule has 2 N–H and O–H groups in total. The zero-order valence-corrected chi connectivity index (χ0v) is 23.5. The SMILES string of the molecule is O=c1c2ccc(O)cc2c(Br)cn1-c1ccc(F)cc1.O=c1c2ccc(O)cc2c(Br)cn1-c1ccc(F)cc1. The lowest BCUT2D eigenvalue weighted by Crippen LogP contribution is -2.18. The van der Waals surface area contributed by atoms with Crippen molar-refractivity contribution < 1.29 is 19.0 Å². The summed E-state index contributed by atoms with van der Waals surface area (Å²) in [5.74, 6) is -0.521. The highest BCUT2D eigenvalue weighted by Gasteiger charge is 2.11. The first-order chi connectivity index (χ1) is 19.1. The Hall–Kier alpha value is -4.28. The molecule has 0 unspecified atom stereocenters. The second-order valence-corrected chi connectivity index (χ2v) is 10.4. The highest BCUT2D eigenvalue weighted by Crippen LogP contribution is 2.27. The number of benzene rings is 4. The normalized spacial score (nSPS) is 10.9. The van der Waals surface area contributed by atoms with Crippen LogP contribution in [0.1, 0.15) is 0 Å². The lowest BCUT2D eigenvalue weighted by Gasteiger charge is -2.09. The van der Waals surface area contributed by atoms with Crippen LogP contribution < -0.4 is 11.1 Å². The molecule has 0 aliphatic carbocycles. The molecule has 10 heteroatoms. The van der Waals surface area contributed by atoms with Gasteiger partial charge in [0, 0.05) is 54.3 Å². The minimum absolute atomic E-state index is 0.0946. The topological polar surface area (TPSA) is 84.5 Å². The molecule has 6 rings (SSSR count). The van der Waals surface area contributed by atoms with Gasteiger partial charge in [0.25, 0.3) is 11.1 Å². The third-order valence-corrected chi connectivity index (χ3v) is 7.38. The molecule has 0 saturated heterocycles. The largest absolute Gasteiger partial charge is 0.508 e. The summed E-state index contributed by atoms with van der Waals surface area (Å²) in [5.41, 5.74) is 0.698. The molecule has 0 radical (unpaired) electrons. The summed E-state index contributed by atoms with van der Waals surface area (Å²) in [5, 5.41) is 21.2. The number of rotatable bonds is 2. The maximum Gasteiger partial charge on any atom is 0.263 e. The van der Waals surface area contributed by atoms with E-state index in [1.807, 2.05) is 0 Å². The van der Waals surface area contributed by atoms with Crippen molar-refractivity contribution in [2.75, 3.05) is 0 Å². The number of hydrogen-bond acceptors (Lipinski definition) is 4. The van der Waals surface area contributed by atoms with E-state index in [9.17, 15) is 28.6 Å². The molecule has 2 heterocycles. The molecule has 40 heavy (non-hydrogen) atoms. The summed E-state index contributed by atoms with van der Waals surface area (Å²) in [6.07, 6.45) is 3.22. The van der Waals surface area contributed by atoms with Gasteiger partial charge < -0.3 is 10.2 Å². The Morgan fingerprint density at radius 3 is 1.23 bits per heavy atom. The molecule has 0 spiro atoms. The van der Waals surface area contributed by atoms with E-state index >= 15 is 0 Å². The number of halogens is 4. The number of aromatic hydroxyl groups is 2. The standard InChI is InChI=1S/2C15H9BrFNO2/c2*16-14-8-18(10-3-1-9(17)2-4-10)15(20)12-6-5-11(19)7-13(12)14/h2*1-8,19H. The summed E-state index contributed by atoms with van der Waals surface area (Å²) in [4.78, 5) is 24.9. The molecule has 200 valence electrons. The average Bonchev–Trinajstić information content (AvgIpc) is 2.94. The number of aromatic nitrogens is 2. The predicted octanol–water partition coefficient (Wildman–Crippen LogP) is 7.20. The third kappa shape index (κ3) is 5.41. The van der Waals surface area contributed by atoms with Crippen LogP contribution in [-0.2, 0) is 0 Å². The Morgan fingerprint density at radius 2 is 0.875 bits per heavy atom. The smallest absolute Gasteiger partial charge is 0.263 e. The first-order valence-corrected chi connectivity index (χ1v) is 13.3. The fourth-order valence-electron chi connectivity index (χ4n) is 4.16. The summed E-state index contributed by atoms with van der Waals surface area (Å²) in [6, 6.07) is 20.5. The van der Waals surface area contributed by atoms with E-state index in [0.717, 1.165) is 0 Å². The molecule has 2 aromatic heterocycles. The van der Waals surface area contributed by atoms with Gasteiger partial charge in [0.1, 0.15) is 23.1 Å². The molecule has 0 aliphatic rings. The second-order valence-electron chi connectivity index (χ2n) is 8.72. The van der Waals surface area contributed by atoms with Crippen molar-refractivity contribution in [3.05, 3.63) is 139 Å². The quantitative estimate of drug-likeness (QED) is 0.205. The van der Waals surface area contributed by atoms with Gasteiger partial charge in [-0.1, -0.05) is 0 Å². The van der Waals surface area contributed by atoms with E-state index in [1.165, 1.54) is 81.9 Å². The molecule has 0 atom stereocenters. The summed E-state index contributed by atoms with van der Waals surface area (Å²) < 4.78 is 30.1. The Kier molecular flexibility index (Phi) is 7.55. The van der Waals surface area contributed by atoms with Crippen LogP contribution in [0.2, 0.25) is 0 Å². The van der Waals surface area contributed by atoms with Gasteiger partial charge >= 0.3 is 0 Å². The van der Waals surface area contributed by atoms with Crippen LogP contribution in [0, 0.1) is 11.6 Å². The fourth-order valence-corrected chi connectivity index (χ4v) is 5.23. The van der Waals surface area contributed by atoms with E-state index in [4.69, 9.17) is 0 Å². The van der Waals surface area contributed by atoms with Crippen LogP contribution in [0.15, 0.2) is 116 Å². The Balaban J connectivity index is 0.000000161. The summed E-state index contributed by atoms with van der Waals surface area (Å²) in [7, 11) is 0. The van der Waals surface area contributed by atoms with Crippen molar-refractivity contribution in [1.29, 1.82) is 0 Å². The monoisotopic (exact) mass is 666 g/mol. The van der Waals surface area contributed by atoms with Crippen LogP contribution in [-0.4, -0.2) is 19.3 Å². The minimum atomic E-state index is -0.355. The summed E-state index contributed by atoms with van der Waals surface area (Å²) >= 11 is 6.77. The van der Waals surface area contributed by atoms with E-state index in [-0.39, 0.29) is 34.3 Å². The van der Waals surface area contributed by atoms with Crippen LogP contribution in [0.5, 0.6) is 11.5 Å². The molecule has 0 bridgehead atoms. The number of pyridine rings is 2. The number of nitrogens with zero attached hydrogens (tertiary/aromatic N) is 2. The van der Waals surface area contributed by atoms with E-state index in [1.54, 1.807) is 24.5 Å². The molecule has 0 fully saturated rings. The van der Waals surface area contributed by atoms with Crippen LogP contribution in [0.3, 0.4) is 0 Å². The third-order valence-electron chi connectivity index (χ3n) is 6.11. The van der Waals surface area contributed by atoms with Crippen LogP contribution in [0.25, 0.3) is 32.9 Å². The average molecular weight is 668 g/mol. The molecule has 6 aromatic rings. The molecular formula is C30H18Br2F2N2O4. The van der Waals surface area contributed by atoms with Crippen LogP contribution in [0.4, 0.5) is 8.78 Å². The van der Waals surface area contributed by atoms with Crippen molar-refractivity contribution in [1.82, 2.24) is 9.13 Å². The number of fused-ring (bicyclic) bond motifs is 2. The highest BCUT2D eigenvalue weighted by atomic mass is 79.9. The maximum atomic E-state index is 13.0. The summed E-state index contributed by atoms with van der Waals surface area (Å²) in [6.45, 7) is 0. The van der Waals surface area contributed by atoms with Crippen LogP contribution >= 0.6 is 31.9 Å². The molecule has 0 saturated carbocycles. The predicted molar refractivity (Wildman–Crippen MR) is 158 cm³/mol. The van der Waals surface area contributed by atoms with Gasteiger partial charge in [0.05, 0.1) is 0 Å². The highest BCUT2D eigenvalue weighted by molar-refractivity contribution is 9.11. The molecule has 6 nitrogen and oxygen atoms in total. The number of phenolic OH excluding ortho intramolecular Hbond substituents is 2. The number of phenols is 2. The van der Waals surface area contributed by atoms with Gasteiger partial charge in [-0.25, -0.2) is 8.78 Å². The second kappa shape index (κ2) is 11.1. The molecule has 0 amide bonds. The zero-order valence-electron chi connectivity index (χ0n) is 20.4. The van der Waals surface area contributed by atoms with Crippen molar-refractivity contribution in [2.24, 2.45) is 0 Å². The van der Waals surface area contributed by atoms with Crippen molar-refractivity contribution in [2.45, 2.75) is 0 Å². The van der Waals surface area contributed by atoms with Crippen molar-refractivity contribution in [3.8, 4) is 22.9 Å². The Bertz CT molecular complexity index is 1860. The number of hydrogen-bond donors (Lipinski definition) is 2. The van der Waals surface area contributed by atoms with Gasteiger partial charge in [-0.3, -0.25) is 18.7 Å². The first kappa shape index (κ1) is 27.3.